The van der Waals surface area contributed by atoms with E-state index in [0.717, 1.165) is 37.7 Å². The standard InChI is InChI=1S/C19H30N2O4/c1-19(2,3)14-18(22)20-12-8-6-5-7-9-15-13-16(21(23)24)10-11-17(15)25-4/h10-11,13H,5-9,12,14H2,1-4H3,(H,20,22). The number of rotatable bonds is 10. The Hall–Kier alpha value is -2.11. The van der Waals surface area contributed by atoms with Gasteiger partial charge in [0, 0.05) is 30.7 Å². The number of aryl methyl sites for hydroxylation is 1. The van der Waals surface area contributed by atoms with Crippen molar-refractivity contribution in [1.29, 1.82) is 0 Å². The highest BCUT2D eigenvalue weighted by atomic mass is 16.6. The molecule has 0 heterocycles. The van der Waals surface area contributed by atoms with Gasteiger partial charge in [0.25, 0.3) is 5.69 Å². The Kier molecular flexibility index (Phi) is 8.38. The van der Waals surface area contributed by atoms with Gasteiger partial charge in [0.15, 0.2) is 0 Å². The quantitative estimate of drug-likeness (QED) is 0.388. The molecule has 6 nitrogen and oxygen atoms in total. The zero-order valence-corrected chi connectivity index (χ0v) is 15.8. The number of nitro groups is 1. The van der Waals surface area contributed by atoms with E-state index in [1.54, 1.807) is 19.2 Å². The lowest BCUT2D eigenvalue weighted by molar-refractivity contribution is -0.384. The molecular weight excluding hydrogens is 320 g/mol. The number of ether oxygens (including phenoxy) is 1. The number of benzene rings is 1. The highest BCUT2D eigenvalue weighted by Crippen LogP contribution is 2.25. The minimum Gasteiger partial charge on any atom is -0.496 e. The zero-order chi connectivity index (χ0) is 18.9. The lowest BCUT2D eigenvalue weighted by Crippen LogP contribution is -2.28. The average Bonchev–Trinajstić information content (AvgIpc) is 2.51. The molecule has 1 aromatic carbocycles. The molecule has 0 aromatic heterocycles. The van der Waals surface area contributed by atoms with Gasteiger partial charge >= 0.3 is 0 Å². The predicted octanol–water partition coefficient (Wildman–Crippen LogP) is 4.26. The number of hydrogen-bond acceptors (Lipinski definition) is 4. The summed E-state index contributed by atoms with van der Waals surface area (Å²) in [5.74, 6) is 0.800. The van der Waals surface area contributed by atoms with Gasteiger partial charge < -0.3 is 10.1 Å². The fraction of sp³-hybridized carbons (Fsp3) is 0.632. The number of nitrogens with zero attached hydrogens (tertiary/aromatic N) is 1. The van der Waals surface area contributed by atoms with Crippen LogP contribution in [0.15, 0.2) is 18.2 Å². The molecule has 6 heteroatoms. The molecule has 1 rings (SSSR count). The Morgan fingerprint density at radius 2 is 1.88 bits per heavy atom. The molecule has 0 unspecified atom stereocenters. The summed E-state index contributed by atoms with van der Waals surface area (Å²) in [4.78, 5) is 22.2. The summed E-state index contributed by atoms with van der Waals surface area (Å²) in [6.45, 7) is 6.85. The van der Waals surface area contributed by atoms with Crippen LogP contribution >= 0.6 is 0 Å². The number of amides is 1. The highest BCUT2D eigenvalue weighted by Gasteiger charge is 2.15. The number of carbonyl (C=O) groups excluding carboxylic acids is 1. The summed E-state index contributed by atoms with van der Waals surface area (Å²) < 4.78 is 5.27. The van der Waals surface area contributed by atoms with Crippen molar-refractivity contribution in [3.8, 4) is 5.75 Å². The van der Waals surface area contributed by atoms with Crippen LogP contribution in [-0.4, -0.2) is 24.5 Å². The lowest BCUT2D eigenvalue weighted by atomic mass is 9.92. The lowest BCUT2D eigenvalue weighted by Gasteiger charge is -2.17. The average molecular weight is 350 g/mol. The van der Waals surface area contributed by atoms with Crippen LogP contribution in [0.5, 0.6) is 5.75 Å². The minimum absolute atomic E-state index is 0.0153. The molecular formula is C19H30N2O4. The first-order valence-corrected chi connectivity index (χ1v) is 8.81. The molecule has 0 atom stereocenters. The Bertz CT molecular complexity index is 579. The van der Waals surface area contributed by atoms with Crippen molar-refractivity contribution >= 4 is 11.6 Å². The third-order valence-corrected chi connectivity index (χ3v) is 3.86. The van der Waals surface area contributed by atoms with Crippen molar-refractivity contribution in [3.05, 3.63) is 33.9 Å². The number of nitrogens with one attached hydrogen (secondary N) is 1. The zero-order valence-electron chi connectivity index (χ0n) is 15.8. The van der Waals surface area contributed by atoms with E-state index in [1.165, 1.54) is 6.07 Å². The SMILES string of the molecule is COc1ccc([N+](=O)[O-])cc1CCCCCCNC(=O)CC(C)(C)C. The van der Waals surface area contributed by atoms with Gasteiger partial charge in [0.2, 0.25) is 5.91 Å². The number of non-ortho nitro benzene ring substituents is 1. The van der Waals surface area contributed by atoms with Crippen LogP contribution < -0.4 is 10.1 Å². The summed E-state index contributed by atoms with van der Waals surface area (Å²) in [6.07, 6.45) is 5.21. The van der Waals surface area contributed by atoms with Crippen molar-refractivity contribution in [2.24, 2.45) is 5.41 Å². The Labute approximate surface area is 150 Å². The first-order valence-electron chi connectivity index (χ1n) is 8.81. The predicted molar refractivity (Wildman–Crippen MR) is 98.9 cm³/mol. The van der Waals surface area contributed by atoms with E-state index in [1.807, 2.05) is 0 Å². The molecule has 0 radical (unpaired) electrons. The van der Waals surface area contributed by atoms with E-state index in [0.29, 0.717) is 18.7 Å². The molecule has 0 aliphatic rings. The van der Waals surface area contributed by atoms with E-state index in [2.05, 4.69) is 26.1 Å². The van der Waals surface area contributed by atoms with E-state index >= 15 is 0 Å². The molecule has 0 spiro atoms. The first-order chi connectivity index (χ1) is 11.7. The first kappa shape index (κ1) is 20.9. The van der Waals surface area contributed by atoms with Gasteiger partial charge in [-0.2, -0.15) is 0 Å². The molecule has 25 heavy (non-hydrogen) atoms. The van der Waals surface area contributed by atoms with Gasteiger partial charge in [0.1, 0.15) is 5.75 Å². The second kappa shape index (κ2) is 10.0. The molecule has 1 amide bonds. The Morgan fingerprint density at radius 1 is 1.20 bits per heavy atom. The number of nitro benzene ring substituents is 1. The van der Waals surface area contributed by atoms with Crippen molar-refractivity contribution in [2.75, 3.05) is 13.7 Å². The third-order valence-electron chi connectivity index (χ3n) is 3.86. The number of methoxy groups -OCH3 is 1. The Morgan fingerprint density at radius 3 is 2.48 bits per heavy atom. The molecule has 0 bridgehead atoms. The van der Waals surface area contributed by atoms with Crippen LogP contribution in [0.1, 0.15) is 58.4 Å². The minimum atomic E-state index is -0.386. The molecule has 0 aliphatic carbocycles. The molecule has 0 aliphatic heterocycles. The summed E-state index contributed by atoms with van der Waals surface area (Å²) in [6, 6.07) is 4.70. The second-order valence-corrected chi connectivity index (χ2v) is 7.50. The molecule has 0 saturated heterocycles. The van der Waals surface area contributed by atoms with Gasteiger partial charge in [-0.15, -0.1) is 0 Å². The van der Waals surface area contributed by atoms with Gasteiger partial charge in [-0.3, -0.25) is 14.9 Å². The topological polar surface area (TPSA) is 81.5 Å². The molecule has 1 N–H and O–H groups in total. The summed E-state index contributed by atoms with van der Waals surface area (Å²) in [5, 5.41) is 13.8. The van der Waals surface area contributed by atoms with Gasteiger partial charge in [-0.1, -0.05) is 33.6 Å². The second-order valence-electron chi connectivity index (χ2n) is 7.50. The molecule has 0 fully saturated rings. The van der Waals surface area contributed by atoms with Crippen molar-refractivity contribution in [1.82, 2.24) is 5.32 Å². The fourth-order valence-corrected chi connectivity index (χ4v) is 2.64. The normalized spacial score (nSPS) is 11.2. The largest absolute Gasteiger partial charge is 0.496 e. The number of carbonyl (C=O) groups is 1. The molecule has 0 saturated carbocycles. The van der Waals surface area contributed by atoms with E-state index in [9.17, 15) is 14.9 Å². The molecule has 1 aromatic rings. The monoisotopic (exact) mass is 350 g/mol. The van der Waals surface area contributed by atoms with E-state index < -0.39 is 0 Å². The summed E-state index contributed by atoms with van der Waals surface area (Å²) in [5.41, 5.74) is 0.981. The third kappa shape index (κ3) is 8.52. The fourth-order valence-electron chi connectivity index (χ4n) is 2.64. The summed E-state index contributed by atoms with van der Waals surface area (Å²) in [7, 11) is 1.57. The van der Waals surface area contributed by atoms with E-state index in [4.69, 9.17) is 4.74 Å². The van der Waals surface area contributed by atoms with Crippen molar-refractivity contribution in [2.45, 2.75) is 59.3 Å². The smallest absolute Gasteiger partial charge is 0.269 e. The van der Waals surface area contributed by atoms with Crippen LogP contribution in [0, 0.1) is 15.5 Å². The highest BCUT2D eigenvalue weighted by molar-refractivity contribution is 5.76. The van der Waals surface area contributed by atoms with Crippen LogP contribution in [0.3, 0.4) is 0 Å². The van der Waals surface area contributed by atoms with Crippen LogP contribution in [-0.2, 0) is 11.2 Å². The summed E-state index contributed by atoms with van der Waals surface area (Å²) >= 11 is 0. The van der Waals surface area contributed by atoms with Crippen molar-refractivity contribution < 1.29 is 14.5 Å². The number of hydrogen-bond donors (Lipinski definition) is 1. The maximum absolute atomic E-state index is 11.7. The number of unbranched alkanes of at least 4 members (excludes halogenated alkanes) is 3. The van der Waals surface area contributed by atoms with Crippen LogP contribution in [0.25, 0.3) is 0 Å². The van der Waals surface area contributed by atoms with Crippen LogP contribution in [0.2, 0.25) is 0 Å². The maximum atomic E-state index is 11.7. The van der Waals surface area contributed by atoms with Crippen molar-refractivity contribution in [3.63, 3.8) is 0 Å². The van der Waals surface area contributed by atoms with Crippen LogP contribution in [0.4, 0.5) is 5.69 Å². The van der Waals surface area contributed by atoms with E-state index in [-0.39, 0.29) is 21.9 Å². The van der Waals surface area contributed by atoms with Gasteiger partial charge in [-0.05, 0) is 30.7 Å². The molecule has 140 valence electrons. The van der Waals surface area contributed by atoms with Gasteiger partial charge in [-0.25, -0.2) is 0 Å². The maximum Gasteiger partial charge on any atom is 0.269 e. The Balaban J connectivity index is 2.27. The van der Waals surface area contributed by atoms with Gasteiger partial charge in [0.05, 0.1) is 12.0 Å².